The molecule has 7 heteroatoms. The van der Waals surface area contributed by atoms with Crippen LogP contribution < -0.4 is 10.6 Å². The van der Waals surface area contributed by atoms with E-state index in [0.29, 0.717) is 30.7 Å². The fourth-order valence-corrected chi connectivity index (χ4v) is 2.83. The summed E-state index contributed by atoms with van der Waals surface area (Å²) < 4.78 is 5.24. The van der Waals surface area contributed by atoms with Gasteiger partial charge in [0.25, 0.3) is 0 Å². The van der Waals surface area contributed by atoms with Crippen LogP contribution in [-0.2, 0) is 9.53 Å². The molecule has 0 saturated heterocycles. The number of aromatic nitrogens is 2. The molecule has 2 rings (SSSR count). The molecule has 130 valence electrons. The molecular weight excluding hydrogens is 324 g/mol. The zero-order chi connectivity index (χ0) is 17.2. The molecule has 2 aromatic rings. The van der Waals surface area contributed by atoms with Crippen LogP contribution in [0.1, 0.15) is 20.3 Å². The summed E-state index contributed by atoms with van der Waals surface area (Å²) in [5.74, 6) is 1.10. The van der Waals surface area contributed by atoms with Crippen molar-refractivity contribution < 1.29 is 9.53 Å². The van der Waals surface area contributed by atoms with Gasteiger partial charge in [0.05, 0.1) is 11.3 Å². The summed E-state index contributed by atoms with van der Waals surface area (Å²) in [5, 5.41) is 7.73. The van der Waals surface area contributed by atoms with E-state index in [1.807, 2.05) is 38.1 Å². The number of carbonyl (C=O) groups is 1. The Morgan fingerprint density at radius 2 is 2.08 bits per heavy atom. The van der Waals surface area contributed by atoms with E-state index in [0.717, 1.165) is 29.7 Å². The molecule has 0 aliphatic carbocycles. The monoisotopic (exact) mass is 348 g/mol. The maximum Gasteiger partial charge on any atom is 0.230 e. The minimum absolute atomic E-state index is 0.0155. The van der Waals surface area contributed by atoms with Crippen molar-refractivity contribution >= 4 is 34.4 Å². The first-order valence-electron chi connectivity index (χ1n) is 8.22. The van der Waals surface area contributed by atoms with E-state index in [4.69, 9.17) is 4.74 Å². The van der Waals surface area contributed by atoms with Gasteiger partial charge in [-0.3, -0.25) is 4.79 Å². The summed E-state index contributed by atoms with van der Waals surface area (Å²) in [7, 11) is 0. The summed E-state index contributed by atoms with van der Waals surface area (Å²) in [6.45, 7) is 6.77. The number of nitrogens with one attached hydrogen (secondary N) is 2. The van der Waals surface area contributed by atoms with Gasteiger partial charge in [0, 0.05) is 31.7 Å². The quantitative estimate of drug-likeness (QED) is 0.391. The predicted octanol–water partition coefficient (Wildman–Crippen LogP) is 2.70. The second-order valence-corrected chi connectivity index (χ2v) is 6.03. The SMILES string of the molecule is CCNc1nc(SCC(=O)NCCCOCC)nc2ccccc12. The fraction of sp³-hybridized carbons (Fsp3) is 0.471. The molecule has 0 aliphatic rings. The minimum atomic E-state index is -0.0155. The lowest BCUT2D eigenvalue weighted by Gasteiger charge is -2.09. The van der Waals surface area contributed by atoms with Crippen LogP contribution in [0.25, 0.3) is 10.9 Å². The Morgan fingerprint density at radius 3 is 2.88 bits per heavy atom. The Hall–Kier alpha value is -1.86. The molecule has 0 aliphatic heterocycles. The summed E-state index contributed by atoms with van der Waals surface area (Å²) >= 11 is 1.35. The average molecular weight is 348 g/mol. The lowest BCUT2D eigenvalue weighted by atomic mass is 10.2. The van der Waals surface area contributed by atoms with Gasteiger partial charge < -0.3 is 15.4 Å². The number of nitrogens with zero attached hydrogens (tertiary/aromatic N) is 2. The van der Waals surface area contributed by atoms with Crippen molar-refractivity contribution in [2.75, 3.05) is 37.4 Å². The first-order chi connectivity index (χ1) is 11.7. The van der Waals surface area contributed by atoms with Crippen LogP contribution in [0.4, 0.5) is 5.82 Å². The fourth-order valence-electron chi connectivity index (χ4n) is 2.15. The molecule has 24 heavy (non-hydrogen) atoms. The van der Waals surface area contributed by atoms with E-state index in [1.165, 1.54) is 11.8 Å². The van der Waals surface area contributed by atoms with E-state index >= 15 is 0 Å². The second kappa shape index (κ2) is 10.1. The molecule has 0 bridgehead atoms. The number of amides is 1. The van der Waals surface area contributed by atoms with Crippen LogP contribution in [-0.4, -0.2) is 47.9 Å². The molecule has 0 spiro atoms. The van der Waals surface area contributed by atoms with Crippen molar-refractivity contribution in [2.45, 2.75) is 25.4 Å². The van der Waals surface area contributed by atoms with Gasteiger partial charge >= 0.3 is 0 Å². The van der Waals surface area contributed by atoms with E-state index in [9.17, 15) is 4.79 Å². The van der Waals surface area contributed by atoms with Gasteiger partial charge in [0.2, 0.25) is 5.91 Å². The van der Waals surface area contributed by atoms with Crippen LogP contribution in [0, 0.1) is 0 Å². The maximum absolute atomic E-state index is 11.9. The van der Waals surface area contributed by atoms with Crippen LogP contribution in [0.3, 0.4) is 0 Å². The molecule has 1 amide bonds. The number of para-hydroxylation sites is 1. The second-order valence-electron chi connectivity index (χ2n) is 5.09. The van der Waals surface area contributed by atoms with E-state index in [1.54, 1.807) is 0 Å². The highest BCUT2D eigenvalue weighted by molar-refractivity contribution is 7.99. The number of thioether (sulfide) groups is 1. The number of fused-ring (bicyclic) bond motifs is 1. The molecule has 0 fully saturated rings. The van der Waals surface area contributed by atoms with Crippen LogP contribution in [0.15, 0.2) is 29.4 Å². The molecule has 2 N–H and O–H groups in total. The predicted molar refractivity (Wildman–Crippen MR) is 98.5 cm³/mol. The summed E-state index contributed by atoms with van der Waals surface area (Å²) in [6.07, 6.45) is 0.821. The van der Waals surface area contributed by atoms with Gasteiger partial charge in [0.15, 0.2) is 5.16 Å². The Bertz CT molecular complexity index is 666. The van der Waals surface area contributed by atoms with Gasteiger partial charge in [-0.15, -0.1) is 0 Å². The van der Waals surface area contributed by atoms with E-state index < -0.39 is 0 Å². The normalized spacial score (nSPS) is 10.8. The Kier molecular flexibility index (Phi) is 7.77. The third kappa shape index (κ3) is 5.65. The lowest BCUT2D eigenvalue weighted by Crippen LogP contribution is -2.27. The van der Waals surface area contributed by atoms with Crippen LogP contribution in [0.5, 0.6) is 0 Å². The van der Waals surface area contributed by atoms with E-state index in [2.05, 4.69) is 20.6 Å². The number of benzene rings is 1. The molecule has 0 unspecified atom stereocenters. The number of anilines is 1. The van der Waals surface area contributed by atoms with Crippen molar-refractivity contribution in [3.05, 3.63) is 24.3 Å². The molecule has 1 aromatic carbocycles. The van der Waals surface area contributed by atoms with E-state index in [-0.39, 0.29) is 5.91 Å². The topological polar surface area (TPSA) is 76.1 Å². The van der Waals surface area contributed by atoms with Crippen molar-refractivity contribution in [1.29, 1.82) is 0 Å². The zero-order valence-electron chi connectivity index (χ0n) is 14.2. The first-order valence-corrected chi connectivity index (χ1v) is 9.21. The van der Waals surface area contributed by atoms with Crippen molar-refractivity contribution in [1.82, 2.24) is 15.3 Å². The number of ether oxygens (including phenoxy) is 1. The van der Waals surface area contributed by atoms with Crippen LogP contribution >= 0.6 is 11.8 Å². The standard InChI is InChI=1S/C17H24N4O2S/c1-3-18-16-13-8-5-6-9-14(13)20-17(21-16)24-12-15(22)19-10-7-11-23-4-2/h5-6,8-9H,3-4,7,10-12H2,1-2H3,(H,19,22)(H,18,20,21). The van der Waals surface area contributed by atoms with Gasteiger partial charge in [-0.05, 0) is 32.4 Å². The van der Waals surface area contributed by atoms with Crippen LogP contribution in [0.2, 0.25) is 0 Å². The summed E-state index contributed by atoms with van der Waals surface area (Å²) in [5.41, 5.74) is 0.878. The maximum atomic E-state index is 11.9. The van der Waals surface area contributed by atoms with Gasteiger partial charge in [-0.2, -0.15) is 0 Å². The zero-order valence-corrected chi connectivity index (χ0v) is 15.0. The highest BCUT2D eigenvalue weighted by Gasteiger charge is 2.09. The van der Waals surface area contributed by atoms with Crippen molar-refractivity contribution in [2.24, 2.45) is 0 Å². The Labute approximate surface area is 146 Å². The number of carbonyl (C=O) groups excluding carboxylic acids is 1. The molecule has 0 radical (unpaired) electrons. The number of rotatable bonds is 10. The number of hydrogen-bond acceptors (Lipinski definition) is 6. The summed E-state index contributed by atoms with van der Waals surface area (Å²) in [6, 6.07) is 7.86. The lowest BCUT2D eigenvalue weighted by molar-refractivity contribution is -0.118. The van der Waals surface area contributed by atoms with Crippen molar-refractivity contribution in [3.8, 4) is 0 Å². The average Bonchev–Trinajstić information content (AvgIpc) is 2.60. The van der Waals surface area contributed by atoms with Crippen molar-refractivity contribution in [3.63, 3.8) is 0 Å². The first kappa shape index (κ1) is 18.5. The van der Waals surface area contributed by atoms with Gasteiger partial charge in [0.1, 0.15) is 5.82 Å². The summed E-state index contributed by atoms with van der Waals surface area (Å²) in [4.78, 5) is 20.9. The molecule has 1 aromatic heterocycles. The molecular formula is C17H24N4O2S. The molecule has 0 atom stereocenters. The van der Waals surface area contributed by atoms with Gasteiger partial charge in [-0.1, -0.05) is 23.9 Å². The molecule has 6 nitrogen and oxygen atoms in total. The number of hydrogen-bond donors (Lipinski definition) is 2. The molecule has 1 heterocycles. The smallest absolute Gasteiger partial charge is 0.230 e. The third-order valence-corrected chi connectivity index (χ3v) is 4.10. The van der Waals surface area contributed by atoms with Gasteiger partial charge in [-0.25, -0.2) is 9.97 Å². The molecule has 0 saturated carbocycles. The third-order valence-electron chi connectivity index (χ3n) is 3.25. The highest BCUT2D eigenvalue weighted by Crippen LogP contribution is 2.24. The minimum Gasteiger partial charge on any atom is -0.382 e. The Morgan fingerprint density at radius 1 is 1.25 bits per heavy atom. The Balaban J connectivity index is 1.91. The highest BCUT2D eigenvalue weighted by atomic mass is 32.2. The largest absolute Gasteiger partial charge is 0.382 e.